The number of aryl methyl sites for hydroxylation is 1. The highest BCUT2D eigenvalue weighted by Crippen LogP contribution is 2.14. The molecule has 0 saturated carbocycles. The van der Waals surface area contributed by atoms with Gasteiger partial charge < -0.3 is 0 Å². The van der Waals surface area contributed by atoms with Crippen molar-refractivity contribution in [1.82, 2.24) is 0 Å². The van der Waals surface area contributed by atoms with Gasteiger partial charge in [-0.05, 0) is 30.7 Å². The molecule has 92 valence electrons. The SMILES string of the molecule is Cc1cccc(CC(=O)c2cc(F)ccc2F)c1. The summed E-state index contributed by atoms with van der Waals surface area (Å²) in [6, 6.07) is 10.3. The van der Waals surface area contributed by atoms with Crippen molar-refractivity contribution in [2.24, 2.45) is 0 Å². The predicted octanol–water partition coefficient (Wildman–Crippen LogP) is 3.70. The van der Waals surface area contributed by atoms with Crippen LogP contribution in [-0.2, 0) is 6.42 Å². The Morgan fingerprint density at radius 3 is 2.61 bits per heavy atom. The van der Waals surface area contributed by atoms with Crippen LogP contribution in [0.4, 0.5) is 8.78 Å². The molecule has 0 atom stereocenters. The Kier molecular flexibility index (Phi) is 3.51. The Morgan fingerprint density at radius 2 is 1.89 bits per heavy atom. The first-order valence-corrected chi connectivity index (χ1v) is 5.60. The summed E-state index contributed by atoms with van der Waals surface area (Å²) in [4.78, 5) is 11.9. The van der Waals surface area contributed by atoms with Gasteiger partial charge in [0, 0.05) is 6.42 Å². The van der Waals surface area contributed by atoms with Crippen molar-refractivity contribution in [1.29, 1.82) is 0 Å². The number of hydrogen-bond donors (Lipinski definition) is 0. The van der Waals surface area contributed by atoms with Crippen molar-refractivity contribution in [3.63, 3.8) is 0 Å². The fourth-order valence-electron chi connectivity index (χ4n) is 1.81. The number of carbonyl (C=O) groups is 1. The van der Waals surface area contributed by atoms with Gasteiger partial charge in [-0.1, -0.05) is 29.8 Å². The minimum atomic E-state index is -0.686. The van der Waals surface area contributed by atoms with Crippen molar-refractivity contribution in [3.8, 4) is 0 Å². The lowest BCUT2D eigenvalue weighted by molar-refractivity contribution is 0.0988. The van der Waals surface area contributed by atoms with Crippen molar-refractivity contribution in [3.05, 3.63) is 70.8 Å². The fraction of sp³-hybridized carbons (Fsp3) is 0.133. The van der Waals surface area contributed by atoms with E-state index in [-0.39, 0.29) is 12.0 Å². The zero-order valence-corrected chi connectivity index (χ0v) is 9.91. The summed E-state index contributed by atoms with van der Waals surface area (Å²) in [6.07, 6.45) is 0.0715. The van der Waals surface area contributed by atoms with Gasteiger partial charge in [0.2, 0.25) is 0 Å². The van der Waals surface area contributed by atoms with Crippen LogP contribution >= 0.6 is 0 Å². The topological polar surface area (TPSA) is 17.1 Å². The molecule has 0 aliphatic rings. The monoisotopic (exact) mass is 246 g/mol. The van der Waals surface area contributed by atoms with Gasteiger partial charge in [0.25, 0.3) is 0 Å². The average Bonchev–Trinajstić information content (AvgIpc) is 2.32. The molecule has 0 fully saturated rings. The number of carbonyl (C=O) groups excluding carboxylic acids is 1. The maximum absolute atomic E-state index is 13.4. The fourth-order valence-corrected chi connectivity index (χ4v) is 1.81. The molecule has 0 unspecified atom stereocenters. The first-order valence-electron chi connectivity index (χ1n) is 5.60. The molecular weight excluding hydrogens is 234 g/mol. The van der Waals surface area contributed by atoms with E-state index in [9.17, 15) is 13.6 Å². The number of Topliss-reactive ketones (excluding diaryl/α,β-unsaturated/α-hetero) is 1. The lowest BCUT2D eigenvalue weighted by Crippen LogP contribution is -2.06. The second-order valence-corrected chi connectivity index (χ2v) is 4.21. The van der Waals surface area contributed by atoms with Crippen LogP contribution in [0.25, 0.3) is 0 Å². The molecule has 18 heavy (non-hydrogen) atoms. The second kappa shape index (κ2) is 5.08. The minimum absolute atomic E-state index is 0.0715. The van der Waals surface area contributed by atoms with E-state index in [1.165, 1.54) is 0 Å². The van der Waals surface area contributed by atoms with Gasteiger partial charge in [-0.2, -0.15) is 0 Å². The molecule has 0 spiro atoms. The molecule has 2 rings (SSSR count). The average molecular weight is 246 g/mol. The number of rotatable bonds is 3. The van der Waals surface area contributed by atoms with Gasteiger partial charge in [0.15, 0.2) is 5.78 Å². The minimum Gasteiger partial charge on any atom is -0.294 e. The van der Waals surface area contributed by atoms with E-state index in [4.69, 9.17) is 0 Å². The van der Waals surface area contributed by atoms with Crippen molar-refractivity contribution in [2.75, 3.05) is 0 Å². The van der Waals surface area contributed by atoms with Gasteiger partial charge in [-0.25, -0.2) is 8.78 Å². The van der Waals surface area contributed by atoms with Crippen LogP contribution in [0.15, 0.2) is 42.5 Å². The van der Waals surface area contributed by atoms with Crippen LogP contribution in [0.5, 0.6) is 0 Å². The van der Waals surface area contributed by atoms with Crippen molar-refractivity contribution < 1.29 is 13.6 Å². The molecule has 0 amide bonds. The Labute approximate surface area is 104 Å². The largest absolute Gasteiger partial charge is 0.294 e. The third-order valence-electron chi connectivity index (χ3n) is 2.68. The van der Waals surface area contributed by atoms with E-state index in [1.807, 2.05) is 25.1 Å². The van der Waals surface area contributed by atoms with E-state index in [0.29, 0.717) is 0 Å². The molecule has 0 aliphatic heterocycles. The van der Waals surface area contributed by atoms with E-state index >= 15 is 0 Å². The number of hydrogen-bond acceptors (Lipinski definition) is 1. The molecule has 0 saturated heterocycles. The van der Waals surface area contributed by atoms with Crippen LogP contribution in [-0.4, -0.2) is 5.78 Å². The summed E-state index contributed by atoms with van der Waals surface area (Å²) in [5.41, 5.74) is 1.63. The molecule has 3 heteroatoms. The van der Waals surface area contributed by atoms with E-state index in [1.54, 1.807) is 6.07 Å². The highest BCUT2D eigenvalue weighted by atomic mass is 19.1. The third-order valence-corrected chi connectivity index (χ3v) is 2.68. The zero-order valence-electron chi connectivity index (χ0n) is 9.91. The molecule has 2 aromatic carbocycles. The Hall–Kier alpha value is -2.03. The number of benzene rings is 2. The van der Waals surface area contributed by atoms with Gasteiger partial charge in [0.1, 0.15) is 11.6 Å². The van der Waals surface area contributed by atoms with Gasteiger partial charge in [-0.15, -0.1) is 0 Å². The smallest absolute Gasteiger partial charge is 0.170 e. The lowest BCUT2D eigenvalue weighted by atomic mass is 10.0. The van der Waals surface area contributed by atoms with Crippen molar-refractivity contribution in [2.45, 2.75) is 13.3 Å². The van der Waals surface area contributed by atoms with Crippen molar-refractivity contribution >= 4 is 5.78 Å². The standard InChI is InChI=1S/C15H12F2O/c1-10-3-2-4-11(7-10)8-15(18)13-9-12(16)5-6-14(13)17/h2-7,9H,8H2,1H3. The Morgan fingerprint density at radius 1 is 1.11 bits per heavy atom. The van der Waals surface area contributed by atoms with Gasteiger partial charge in [0.05, 0.1) is 5.56 Å². The van der Waals surface area contributed by atoms with E-state index in [2.05, 4.69) is 0 Å². The molecule has 1 nitrogen and oxygen atoms in total. The molecule has 0 N–H and O–H groups in total. The molecular formula is C15H12F2O. The Balaban J connectivity index is 2.24. The third kappa shape index (κ3) is 2.80. The molecule has 0 heterocycles. The van der Waals surface area contributed by atoms with Crippen LogP contribution in [0.3, 0.4) is 0 Å². The summed E-state index contributed by atoms with van der Waals surface area (Å²) < 4.78 is 26.4. The first kappa shape index (κ1) is 12.4. The summed E-state index contributed by atoms with van der Waals surface area (Å²) in [6.45, 7) is 1.91. The first-order chi connectivity index (χ1) is 8.56. The number of ketones is 1. The van der Waals surface area contributed by atoms with Gasteiger partial charge >= 0.3 is 0 Å². The summed E-state index contributed by atoms with van der Waals surface area (Å²) in [7, 11) is 0. The van der Waals surface area contributed by atoms with Crippen LogP contribution < -0.4 is 0 Å². The second-order valence-electron chi connectivity index (χ2n) is 4.21. The van der Waals surface area contributed by atoms with Crippen LogP contribution in [0, 0.1) is 18.6 Å². The summed E-state index contributed by atoms with van der Waals surface area (Å²) >= 11 is 0. The number of halogens is 2. The van der Waals surface area contributed by atoms with E-state index in [0.717, 1.165) is 29.3 Å². The lowest BCUT2D eigenvalue weighted by Gasteiger charge is -2.04. The van der Waals surface area contributed by atoms with Crippen LogP contribution in [0.1, 0.15) is 21.5 Å². The summed E-state index contributed by atoms with van der Waals surface area (Å²) in [5.74, 6) is -1.71. The quantitative estimate of drug-likeness (QED) is 0.755. The molecule has 0 radical (unpaired) electrons. The zero-order chi connectivity index (χ0) is 13.1. The maximum atomic E-state index is 13.4. The maximum Gasteiger partial charge on any atom is 0.170 e. The molecule has 0 bridgehead atoms. The normalized spacial score (nSPS) is 10.4. The summed E-state index contributed by atoms with van der Waals surface area (Å²) in [5, 5.41) is 0. The highest BCUT2D eigenvalue weighted by molar-refractivity contribution is 5.97. The predicted molar refractivity (Wildman–Crippen MR) is 65.6 cm³/mol. The molecule has 0 aromatic heterocycles. The van der Waals surface area contributed by atoms with E-state index < -0.39 is 17.4 Å². The molecule has 2 aromatic rings. The highest BCUT2D eigenvalue weighted by Gasteiger charge is 2.13. The molecule has 0 aliphatic carbocycles. The van der Waals surface area contributed by atoms with Gasteiger partial charge in [-0.3, -0.25) is 4.79 Å². The van der Waals surface area contributed by atoms with Crippen LogP contribution in [0.2, 0.25) is 0 Å². The Bertz CT molecular complexity index is 591.